The molecule has 0 aromatic carbocycles. The highest BCUT2D eigenvalue weighted by molar-refractivity contribution is 4.73. The van der Waals surface area contributed by atoms with E-state index in [2.05, 4.69) is 13.8 Å². The Morgan fingerprint density at radius 2 is 2.12 bits per heavy atom. The van der Waals surface area contributed by atoms with Gasteiger partial charge in [-0.1, -0.05) is 39.5 Å². The molecule has 0 aromatic heterocycles. The second kappa shape index (κ2) is 2.52. The molecule has 1 fully saturated rings. The van der Waals surface area contributed by atoms with Crippen LogP contribution in [-0.2, 0) is 0 Å². The van der Waals surface area contributed by atoms with Crippen LogP contribution in [0.5, 0.6) is 0 Å². The van der Waals surface area contributed by atoms with Gasteiger partial charge in [-0.05, 0) is 11.8 Å². The highest BCUT2D eigenvalue weighted by Gasteiger charge is 2.21. The monoisotopic (exact) mass is 112 g/mol. The van der Waals surface area contributed by atoms with Crippen LogP contribution in [0.15, 0.2) is 0 Å². The fourth-order valence-electron chi connectivity index (χ4n) is 1.34. The number of rotatable bonds is 2. The summed E-state index contributed by atoms with van der Waals surface area (Å²) in [7, 11) is 0. The summed E-state index contributed by atoms with van der Waals surface area (Å²) in [6.45, 7) is 4.67. The van der Waals surface area contributed by atoms with E-state index in [1.54, 1.807) is 0 Å². The zero-order valence-corrected chi connectivity index (χ0v) is 5.98. The average Bonchev–Trinajstić information content (AvgIpc) is 1.62. The third kappa shape index (κ3) is 1.04. The summed E-state index contributed by atoms with van der Waals surface area (Å²) >= 11 is 0. The van der Waals surface area contributed by atoms with Crippen LogP contribution in [0.4, 0.5) is 0 Å². The van der Waals surface area contributed by atoms with Crippen LogP contribution in [0.1, 0.15) is 39.5 Å². The molecule has 0 heterocycles. The van der Waals surface area contributed by atoms with Gasteiger partial charge in [0.2, 0.25) is 0 Å². The molecule has 0 amide bonds. The van der Waals surface area contributed by atoms with Gasteiger partial charge in [0.1, 0.15) is 0 Å². The van der Waals surface area contributed by atoms with Gasteiger partial charge in [-0.2, -0.15) is 0 Å². The van der Waals surface area contributed by atoms with Crippen LogP contribution >= 0.6 is 0 Å². The van der Waals surface area contributed by atoms with E-state index in [0.29, 0.717) is 0 Å². The quantitative estimate of drug-likeness (QED) is 0.515. The second-order valence-electron chi connectivity index (χ2n) is 3.08. The van der Waals surface area contributed by atoms with Crippen LogP contribution in [0.25, 0.3) is 0 Å². The van der Waals surface area contributed by atoms with E-state index in [-0.39, 0.29) is 0 Å². The van der Waals surface area contributed by atoms with Gasteiger partial charge in [-0.25, -0.2) is 0 Å². The Labute approximate surface area is 52.3 Å². The van der Waals surface area contributed by atoms with E-state index >= 15 is 0 Å². The zero-order valence-electron chi connectivity index (χ0n) is 5.98. The van der Waals surface area contributed by atoms with Crippen molar-refractivity contribution >= 4 is 0 Å². The molecule has 0 aliphatic heterocycles. The van der Waals surface area contributed by atoms with Crippen LogP contribution in [0.2, 0.25) is 0 Å². The summed E-state index contributed by atoms with van der Waals surface area (Å²) in [5, 5.41) is 0. The molecule has 0 nitrogen and oxygen atoms in total. The Hall–Kier alpha value is 0. The molecule has 1 rings (SSSR count). The van der Waals surface area contributed by atoms with Gasteiger partial charge in [-0.3, -0.25) is 0 Å². The molecule has 8 heavy (non-hydrogen) atoms. The lowest BCUT2D eigenvalue weighted by atomic mass is 9.76. The van der Waals surface area contributed by atoms with Crippen LogP contribution in [0.3, 0.4) is 0 Å². The van der Waals surface area contributed by atoms with Crippen molar-refractivity contribution in [2.24, 2.45) is 11.8 Å². The second-order valence-corrected chi connectivity index (χ2v) is 3.08. The maximum absolute atomic E-state index is 2.38. The van der Waals surface area contributed by atoms with Crippen LogP contribution in [-0.4, -0.2) is 0 Å². The molecule has 0 heteroatoms. The minimum absolute atomic E-state index is 1.00. The molecule has 1 unspecified atom stereocenters. The van der Waals surface area contributed by atoms with Gasteiger partial charge in [0.05, 0.1) is 0 Å². The highest BCUT2D eigenvalue weighted by Crippen LogP contribution is 2.34. The first kappa shape index (κ1) is 6.12. The molecule has 0 radical (unpaired) electrons. The molecule has 0 N–H and O–H groups in total. The van der Waals surface area contributed by atoms with E-state index in [9.17, 15) is 0 Å². The normalized spacial score (nSPS) is 24.8. The van der Waals surface area contributed by atoms with Crippen molar-refractivity contribution in [1.82, 2.24) is 0 Å². The van der Waals surface area contributed by atoms with E-state index in [0.717, 1.165) is 11.8 Å². The molecule has 0 aromatic rings. The molecule has 1 aliphatic carbocycles. The fourth-order valence-corrected chi connectivity index (χ4v) is 1.34. The first-order valence-corrected chi connectivity index (χ1v) is 3.84. The lowest BCUT2D eigenvalue weighted by Gasteiger charge is -2.30. The minimum Gasteiger partial charge on any atom is -0.0651 e. The molecule has 1 aliphatic rings. The zero-order chi connectivity index (χ0) is 5.98. The Bertz CT molecular complexity index is 59.7. The predicted molar refractivity (Wildman–Crippen MR) is 36.8 cm³/mol. The molecule has 48 valence electrons. The highest BCUT2D eigenvalue weighted by atomic mass is 14.3. The van der Waals surface area contributed by atoms with Gasteiger partial charge in [0.25, 0.3) is 0 Å². The molecule has 1 saturated carbocycles. The lowest BCUT2D eigenvalue weighted by molar-refractivity contribution is 0.215. The van der Waals surface area contributed by atoms with Crippen molar-refractivity contribution in [3.8, 4) is 0 Å². The van der Waals surface area contributed by atoms with Crippen molar-refractivity contribution in [2.45, 2.75) is 39.5 Å². The third-order valence-electron chi connectivity index (χ3n) is 2.60. The molecule has 1 atom stereocenters. The molecule has 0 spiro atoms. The Morgan fingerprint density at radius 1 is 1.50 bits per heavy atom. The first-order chi connectivity index (χ1) is 3.84. The van der Waals surface area contributed by atoms with Gasteiger partial charge in [0, 0.05) is 0 Å². The fraction of sp³-hybridized carbons (Fsp3) is 1.00. The molecule has 0 bridgehead atoms. The van der Waals surface area contributed by atoms with Gasteiger partial charge < -0.3 is 0 Å². The number of hydrogen-bond acceptors (Lipinski definition) is 0. The largest absolute Gasteiger partial charge is 0.0651 e. The summed E-state index contributed by atoms with van der Waals surface area (Å²) in [5.74, 6) is 2.10. The van der Waals surface area contributed by atoms with Crippen molar-refractivity contribution < 1.29 is 0 Å². The van der Waals surface area contributed by atoms with Crippen LogP contribution < -0.4 is 0 Å². The summed E-state index contributed by atoms with van der Waals surface area (Å²) in [4.78, 5) is 0. The van der Waals surface area contributed by atoms with Gasteiger partial charge in [-0.15, -0.1) is 0 Å². The van der Waals surface area contributed by atoms with E-state index < -0.39 is 0 Å². The average molecular weight is 112 g/mol. The first-order valence-electron chi connectivity index (χ1n) is 3.84. The summed E-state index contributed by atoms with van der Waals surface area (Å²) in [5.41, 5.74) is 0. The van der Waals surface area contributed by atoms with Crippen molar-refractivity contribution in [1.29, 1.82) is 0 Å². The predicted octanol–water partition coefficient (Wildman–Crippen LogP) is 2.83. The third-order valence-corrected chi connectivity index (χ3v) is 2.60. The smallest absolute Gasteiger partial charge is 0.0389 e. The van der Waals surface area contributed by atoms with Crippen LogP contribution in [0, 0.1) is 11.8 Å². The van der Waals surface area contributed by atoms with Gasteiger partial charge >= 0.3 is 0 Å². The maximum Gasteiger partial charge on any atom is -0.0389 e. The van der Waals surface area contributed by atoms with E-state index in [4.69, 9.17) is 0 Å². The summed E-state index contributed by atoms with van der Waals surface area (Å²) < 4.78 is 0. The molecular weight excluding hydrogens is 96.1 g/mol. The summed E-state index contributed by atoms with van der Waals surface area (Å²) in [6, 6.07) is 0. The van der Waals surface area contributed by atoms with E-state index in [1.165, 1.54) is 25.7 Å². The molecular formula is C8H16. The van der Waals surface area contributed by atoms with Crippen molar-refractivity contribution in [2.75, 3.05) is 0 Å². The topological polar surface area (TPSA) is 0 Å². The Balaban J connectivity index is 2.13. The standard InChI is InChI=1S/C8H16/c1-3-7(2)8-5-4-6-8/h7-8H,3-6H2,1-2H3. The SMILES string of the molecule is CCC(C)C1CCC1. The van der Waals surface area contributed by atoms with E-state index in [1.807, 2.05) is 0 Å². The maximum atomic E-state index is 2.38. The molecule has 0 saturated heterocycles. The Kier molecular flexibility index (Phi) is 1.93. The minimum atomic E-state index is 1.00. The van der Waals surface area contributed by atoms with Gasteiger partial charge in [0.15, 0.2) is 0 Å². The Morgan fingerprint density at radius 3 is 2.25 bits per heavy atom. The lowest BCUT2D eigenvalue weighted by Crippen LogP contribution is -2.18. The van der Waals surface area contributed by atoms with Crippen molar-refractivity contribution in [3.63, 3.8) is 0 Å². The summed E-state index contributed by atoms with van der Waals surface area (Å²) in [6.07, 6.45) is 5.89. The number of hydrogen-bond donors (Lipinski definition) is 0. The van der Waals surface area contributed by atoms with Crippen molar-refractivity contribution in [3.05, 3.63) is 0 Å².